The van der Waals surface area contributed by atoms with Crippen LogP contribution in [0.5, 0.6) is 0 Å². The first kappa shape index (κ1) is 23.1. The Hall–Kier alpha value is -2.58. The predicted octanol–water partition coefficient (Wildman–Crippen LogP) is 2.87. The first-order valence-electron chi connectivity index (χ1n) is 11.2. The van der Waals surface area contributed by atoms with Crippen LogP contribution >= 0.6 is 0 Å². The molecule has 1 saturated heterocycles. The number of rotatable bonds is 9. The summed E-state index contributed by atoms with van der Waals surface area (Å²) >= 11 is 0. The Bertz CT molecular complexity index is 794. The molecule has 0 unspecified atom stereocenters. The van der Waals surface area contributed by atoms with E-state index in [0.717, 1.165) is 62.8 Å². The zero-order valence-corrected chi connectivity index (χ0v) is 18.3. The normalized spacial score (nSPS) is 21.1. The van der Waals surface area contributed by atoms with Crippen molar-refractivity contribution in [3.8, 4) is 5.69 Å². The molecule has 0 radical (unpaired) electrons. The maximum Gasteiger partial charge on any atom is 0.101 e. The Morgan fingerprint density at radius 1 is 1.03 bits per heavy atom. The number of hydrogen-bond acceptors (Lipinski definition) is 7. The minimum atomic E-state index is -0.651. The average molecular weight is 430 g/mol. The Kier molecular flexibility index (Phi) is 8.73. The first-order chi connectivity index (χ1) is 15.1. The van der Waals surface area contributed by atoms with E-state index in [4.69, 9.17) is 0 Å². The smallest absolute Gasteiger partial charge is 0.101 e. The molecule has 1 fully saturated rings. The van der Waals surface area contributed by atoms with Gasteiger partial charge in [0, 0.05) is 32.4 Å². The SMILES string of the molecule is CN(CCCCCCN1C[C@H](O)CCC[C@H](O)/C1=C\O)c1ccc(-n2nccn2)cc1. The van der Waals surface area contributed by atoms with Crippen molar-refractivity contribution in [3.05, 3.63) is 48.6 Å². The lowest BCUT2D eigenvalue weighted by Gasteiger charge is -2.33. The van der Waals surface area contributed by atoms with Crippen molar-refractivity contribution in [2.45, 2.75) is 57.2 Å². The van der Waals surface area contributed by atoms with Crippen LogP contribution in [0.3, 0.4) is 0 Å². The molecule has 1 aliphatic heterocycles. The van der Waals surface area contributed by atoms with Crippen LogP contribution in [0.4, 0.5) is 5.69 Å². The van der Waals surface area contributed by atoms with Crippen LogP contribution in [-0.4, -0.2) is 74.1 Å². The van der Waals surface area contributed by atoms with E-state index >= 15 is 0 Å². The van der Waals surface area contributed by atoms with Gasteiger partial charge in [-0.1, -0.05) is 12.8 Å². The van der Waals surface area contributed by atoms with E-state index in [-0.39, 0.29) is 0 Å². The molecule has 170 valence electrons. The van der Waals surface area contributed by atoms with Crippen LogP contribution in [0, 0.1) is 0 Å². The molecule has 2 aromatic rings. The van der Waals surface area contributed by atoms with E-state index in [1.165, 1.54) is 0 Å². The van der Waals surface area contributed by atoms with Gasteiger partial charge < -0.3 is 25.1 Å². The maximum atomic E-state index is 10.2. The van der Waals surface area contributed by atoms with Crippen LogP contribution < -0.4 is 4.90 Å². The van der Waals surface area contributed by atoms with Gasteiger partial charge in [0.25, 0.3) is 0 Å². The molecular weight excluding hydrogens is 394 g/mol. The molecule has 0 aliphatic carbocycles. The highest BCUT2D eigenvalue weighted by molar-refractivity contribution is 5.49. The molecule has 0 saturated carbocycles. The fourth-order valence-electron chi connectivity index (χ4n) is 4.07. The van der Waals surface area contributed by atoms with E-state index in [9.17, 15) is 15.3 Å². The number of likely N-dealkylation sites (tertiary alicyclic amines) is 1. The monoisotopic (exact) mass is 429 g/mol. The van der Waals surface area contributed by atoms with Crippen molar-refractivity contribution in [2.75, 3.05) is 31.6 Å². The second-order valence-corrected chi connectivity index (χ2v) is 8.27. The van der Waals surface area contributed by atoms with Gasteiger partial charge in [-0.2, -0.15) is 15.0 Å². The molecule has 0 amide bonds. The zero-order chi connectivity index (χ0) is 22.1. The lowest BCUT2D eigenvalue weighted by Crippen LogP contribution is -2.39. The Labute approximate surface area is 184 Å². The highest BCUT2D eigenvalue weighted by Gasteiger charge is 2.23. The molecular formula is C23H35N5O3. The van der Waals surface area contributed by atoms with Gasteiger partial charge >= 0.3 is 0 Å². The molecule has 8 heteroatoms. The third-order valence-electron chi connectivity index (χ3n) is 5.90. The van der Waals surface area contributed by atoms with Crippen LogP contribution in [-0.2, 0) is 0 Å². The molecule has 2 heterocycles. The molecule has 0 spiro atoms. The van der Waals surface area contributed by atoms with Crippen LogP contribution in [0.25, 0.3) is 5.69 Å². The number of aliphatic hydroxyl groups is 3. The lowest BCUT2D eigenvalue weighted by molar-refractivity contribution is 0.0686. The van der Waals surface area contributed by atoms with Gasteiger partial charge in [-0.15, -0.1) is 0 Å². The van der Waals surface area contributed by atoms with E-state index in [2.05, 4.69) is 34.3 Å². The summed E-state index contributed by atoms with van der Waals surface area (Å²) < 4.78 is 0. The highest BCUT2D eigenvalue weighted by Crippen LogP contribution is 2.21. The topological polar surface area (TPSA) is 97.9 Å². The van der Waals surface area contributed by atoms with Crippen molar-refractivity contribution in [1.82, 2.24) is 19.9 Å². The molecule has 1 aromatic carbocycles. The van der Waals surface area contributed by atoms with Crippen molar-refractivity contribution in [3.63, 3.8) is 0 Å². The van der Waals surface area contributed by atoms with E-state index < -0.39 is 12.2 Å². The number of β-amino-alcohol motifs (C(OH)–C–C–N with tert-alkyl or cyclic N) is 1. The standard InChI is InChI=1S/C23H35N5O3/c1-26(19-9-11-20(12-10-19)28-24-13-14-25-28)15-4-2-3-5-16-27-17-21(30)7-6-8-23(31)22(27)18-29/h9-14,18,21,23,29-31H,2-8,15-17H2,1H3/b22-18+/t21-,23+/m1/s1. The number of aliphatic hydroxyl groups excluding tert-OH is 3. The Morgan fingerprint density at radius 2 is 1.74 bits per heavy atom. The minimum absolute atomic E-state index is 0.411. The quantitative estimate of drug-likeness (QED) is 0.416. The molecule has 1 aliphatic rings. The average Bonchev–Trinajstić information content (AvgIpc) is 3.30. The lowest BCUT2D eigenvalue weighted by atomic mass is 10.0. The molecule has 0 bridgehead atoms. The van der Waals surface area contributed by atoms with Crippen molar-refractivity contribution < 1.29 is 15.3 Å². The summed E-state index contributed by atoms with van der Waals surface area (Å²) in [5.74, 6) is 0. The van der Waals surface area contributed by atoms with Gasteiger partial charge in [-0.3, -0.25) is 0 Å². The third kappa shape index (κ3) is 6.70. The first-order valence-corrected chi connectivity index (χ1v) is 11.2. The summed E-state index contributed by atoms with van der Waals surface area (Å²) in [5, 5.41) is 38.2. The molecule has 3 N–H and O–H groups in total. The van der Waals surface area contributed by atoms with Gasteiger partial charge in [-0.05, 0) is 56.4 Å². The summed E-state index contributed by atoms with van der Waals surface area (Å²) in [7, 11) is 2.10. The number of aromatic nitrogens is 3. The summed E-state index contributed by atoms with van der Waals surface area (Å²) in [6.07, 6.45) is 9.54. The van der Waals surface area contributed by atoms with Gasteiger partial charge in [0.15, 0.2) is 0 Å². The summed E-state index contributed by atoms with van der Waals surface area (Å²) in [5.41, 5.74) is 2.64. The maximum absolute atomic E-state index is 10.2. The highest BCUT2D eigenvalue weighted by atomic mass is 16.3. The number of benzene rings is 1. The molecule has 31 heavy (non-hydrogen) atoms. The Balaban J connectivity index is 1.37. The fraction of sp³-hybridized carbons (Fsp3) is 0.565. The summed E-state index contributed by atoms with van der Waals surface area (Å²) in [6.45, 7) is 2.18. The van der Waals surface area contributed by atoms with Crippen molar-refractivity contribution in [2.24, 2.45) is 0 Å². The van der Waals surface area contributed by atoms with Gasteiger partial charge in [0.05, 0.1) is 36.0 Å². The van der Waals surface area contributed by atoms with Gasteiger partial charge in [0.1, 0.15) is 6.26 Å². The van der Waals surface area contributed by atoms with Crippen molar-refractivity contribution >= 4 is 5.69 Å². The van der Waals surface area contributed by atoms with E-state index in [1.807, 2.05) is 17.0 Å². The van der Waals surface area contributed by atoms with Crippen LogP contribution in [0.15, 0.2) is 48.6 Å². The minimum Gasteiger partial charge on any atom is -0.514 e. The summed E-state index contributed by atoms with van der Waals surface area (Å²) in [4.78, 5) is 5.79. The second-order valence-electron chi connectivity index (χ2n) is 8.27. The predicted molar refractivity (Wildman–Crippen MR) is 121 cm³/mol. The number of anilines is 1. The van der Waals surface area contributed by atoms with Crippen LogP contribution in [0.1, 0.15) is 44.9 Å². The molecule has 8 nitrogen and oxygen atoms in total. The second kappa shape index (κ2) is 11.7. The summed E-state index contributed by atoms with van der Waals surface area (Å²) in [6, 6.07) is 8.20. The number of nitrogens with zero attached hydrogens (tertiary/aromatic N) is 5. The van der Waals surface area contributed by atoms with E-state index in [1.54, 1.807) is 17.2 Å². The Morgan fingerprint density at radius 3 is 2.45 bits per heavy atom. The molecule has 3 rings (SSSR count). The van der Waals surface area contributed by atoms with E-state index in [0.29, 0.717) is 25.1 Å². The fourth-order valence-corrected chi connectivity index (χ4v) is 4.07. The van der Waals surface area contributed by atoms with Crippen molar-refractivity contribution in [1.29, 1.82) is 0 Å². The number of unbranched alkanes of at least 4 members (excludes halogenated alkanes) is 3. The largest absolute Gasteiger partial charge is 0.514 e. The third-order valence-corrected chi connectivity index (χ3v) is 5.90. The number of hydrogen-bond donors (Lipinski definition) is 3. The van der Waals surface area contributed by atoms with Gasteiger partial charge in [0.2, 0.25) is 0 Å². The molecule has 2 atom stereocenters. The zero-order valence-electron chi connectivity index (χ0n) is 18.3. The van der Waals surface area contributed by atoms with Gasteiger partial charge in [-0.25, -0.2) is 0 Å². The molecule has 1 aromatic heterocycles. The van der Waals surface area contributed by atoms with Crippen LogP contribution in [0.2, 0.25) is 0 Å².